The summed E-state index contributed by atoms with van der Waals surface area (Å²) in [4.78, 5) is 12.2. The van der Waals surface area contributed by atoms with Crippen LogP contribution in [0.3, 0.4) is 0 Å². The Bertz CT molecular complexity index is 533. The molecule has 4 fully saturated rings. The molecule has 1 unspecified atom stereocenters. The zero-order valence-electron chi connectivity index (χ0n) is 13.8. The number of hydrogen-bond donors (Lipinski definition) is 0. The highest BCUT2D eigenvalue weighted by molar-refractivity contribution is 5.89. The molecule has 2 aliphatic heterocycles. The number of allylic oxidation sites excluding steroid dienone is 1. The number of alkyl halides is 1. The van der Waals surface area contributed by atoms with Gasteiger partial charge in [-0.2, -0.15) is 0 Å². The van der Waals surface area contributed by atoms with Crippen molar-refractivity contribution in [3.05, 3.63) is 11.6 Å². The molecule has 6 atom stereocenters. The van der Waals surface area contributed by atoms with Gasteiger partial charge in [0.05, 0.1) is 18.6 Å². The normalized spacial score (nSPS) is 48.8. The van der Waals surface area contributed by atoms with Gasteiger partial charge in [-0.15, -0.1) is 0 Å². The summed E-state index contributed by atoms with van der Waals surface area (Å²) in [5, 5.41) is 0. The fraction of sp³-hybridized carbons (Fsp3) is 0.833. The van der Waals surface area contributed by atoms with Crippen molar-refractivity contribution in [2.75, 3.05) is 13.7 Å². The number of Topliss-reactive ketones (excluding diaryl/α,β-unsaturated/α-hetero) is 1. The van der Waals surface area contributed by atoms with Crippen LogP contribution in [-0.2, 0) is 19.0 Å². The second-order valence-electron chi connectivity index (χ2n) is 7.66. The third kappa shape index (κ3) is 2.48. The van der Waals surface area contributed by atoms with Crippen LogP contribution >= 0.6 is 0 Å². The maximum Gasteiger partial charge on any atom is 0.196 e. The molecule has 0 aromatic rings. The van der Waals surface area contributed by atoms with Crippen LogP contribution in [-0.4, -0.2) is 49.1 Å². The highest BCUT2D eigenvalue weighted by Gasteiger charge is 2.73. The number of halogens is 1. The molecule has 2 saturated heterocycles. The van der Waals surface area contributed by atoms with Crippen molar-refractivity contribution < 1.29 is 23.4 Å². The largest absolute Gasteiger partial charge is 0.373 e. The van der Waals surface area contributed by atoms with Crippen molar-refractivity contribution in [2.24, 2.45) is 5.92 Å². The first-order chi connectivity index (χ1) is 11.0. The van der Waals surface area contributed by atoms with Gasteiger partial charge < -0.3 is 14.2 Å². The lowest BCUT2D eigenvalue weighted by atomic mass is 9.68. The SMILES string of the molecule is CO[C@@H]1C(=O)[C@@H](F)C[C@]2(CO2)[C@H]1C1(C)O[C@@H]1CC=C1CCCC1. The first-order valence-corrected chi connectivity index (χ1v) is 8.70. The van der Waals surface area contributed by atoms with Crippen LogP contribution in [0, 0.1) is 5.92 Å². The highest BCUT2D eigenvalue weighted by Crippen LogP contribution is 2.59. The quantitative estimate of drug-likeness (QED) is 0.589. The molecule has 0 amide bonds. The Kier molecular flexibility index (Phi) is 3.67. The summed E-state index contributed by atoms with van der Waals surface area (Å²) in [6.45, 7) is 2.52. The molecule has 128 valence electrons. The van der Waals surface area contributed by atoms with Crippen molar-refractivity contribution in [1.82, 2.24) is 0 Å². The Hall–Kier alpha value is -0.780. The van der Waals surface area contributed by atoms with Crippen LogP contribution in [0.25, 0.3) is 0 Å². The Balaban J connectivity index is 1.51. The number of methoxy groups -OCH3 is 1. The first kappa shape index (κ1) is 15.7. The van der Waals surface area contributed by atoms with Crippen LogP contribution in [0.5, 0.6) is 0 Å². The number of hydrogen-bond acceptors (Lipinski definition) is 4. The van der Waals surface area contributed by atoms with Gasteiger partial charge in [-0.05, 0) is 39.0 Å². The van der Waals surface area contributed by atoms with E-state index in [2.05, 4.69) is 6.08 Å². The van der Waals surface area contributed by atoms with E-state index < -0.39 is 29.3 Å². The lowest BCUT2D eigenvalue weighted by Gasteiger charge is -2.38. The van der Waals surface area contributed by atoms with Gasteiger partial charge in [0.1, 0.15) is 17.3 Å². The molecule has 4 aliphatic rings. The molecule has 2 aliphatic carbocycles. The Morgan fingerprint density at radius 2 is 2.09 bits per heavy atom. The fourth-order valence-corrected chi connectivity index (χ4v) is 4.75. The topological polar surface area (TPSA) is 51.4 Å². The van der Waals surface area contributed by atoms with E-state index in [0.717, 1.165) is 6.42 Å². The lowest BCUT2D eigenvalue weighted by Crippen LogP contribution is -2.56. The molecule has 4 nitrogen and oxygen atoms in total. The standard InChI is InChI=1S/C18H25FO4/c1-17(13(23-17)8-7-11-5-3-4-6-11)16-15(21-2)14(20)12(19)9-18(16)10-22-18/h7,12-13,15-16H,3-6,8-10H2,1-2H3/t12-,13+,15+,16+,17?,18-/m0/s1. The third-order valence-electron chi connectivity index (χ3n) is 6.21. The summed E-state index contributed by atoms with van der Waals surface area (Å²) in [6.07, 6.45) is 6.09. The summed E-state index contributed by atoms with van der Waals surface area (Å²) in [7, 11) is 1.48. The highest BCUT2D eigenvalue weighted by atomic mass is 19.1. The molecule has 0 bridgehead atoms. The summed E-state index contributed by atoms with van der Waals surface area (Å²) < 4.78 is 31.1. The van der Waals surface area contributed by atoms with Crippen molar-refractivity contribution in [3.8, 4) is 0 Å². The molecule has 2 heterocycles. The number of carbonyl (C=O) groups excluding carboxylic acids is 1. The van der Waals surface area contributed by atoms with Gasteiger partial charge in [0.25, 0.3) is 0 Å². The van der Waals surface area contributed by atoms with E-state index in [-0.39, 0.29) is 18.4 Å². The lowest BCUT2D eigenvalue weighted by molar-refractivity contribution is -0.150. The molecule has 0 aromatic carbocycles. The summed E-state index contributed by atoms with van der Waals surface area (Å²) in [5.74, 6) is -0.672. The number of carbonyl (C=O) groups is 1. The zero-order valence-corrected chi connectivity index (χ0v) is 13.8. The summed E-state index contributed by atoms with van der Waals surface area (Å²) in [5.41, 5.74) is 0.493. The van der Waals surface area contributed by atoms with E-state index in [1.165, 1.54) is 38.4 Å². The maximum absolute atomic E-state index is 14.0. The molecule has 2 saturated carbocycles. The van der Waals surface area contributed by atoms with Gasteiger partial charge in [-0.25, -0.2) is 4.39 Å². The smallest absolute Gasteiger partial charge is 0.196 e. The minimum absolute atomic E-state index is 0.0725. The third-order valence-corrected chi connectivity index (χ3v) is 6.21. The van der Waals surface area contributed by atoms with Gasteiger partial charge in [-0.3, -0.25) is 4.79 Å². The minimum atomic E-state index is -1.49. The predicted octanol–water partition coefficient (Wildman–Crippen LogP) is 2.75. The van der Waals surface area contributed by atoms with Gasteiger partial charge in [0.15, 0.2) is 12.0 Å². The van der Waals surface area contributed by atoms with Gasteiger partial charge >= 0.3 is 0 Å². The summed E-state index contributed by atoms with van der Waals surface area (Å²) in [6, 6.07) is 0. The number of epoxide rings is 2. The first-order valence-electron chi connectivity index (χ1n) is 8.70. The minimum Gasteiger partial charge on any atom is -0.373 e. The molecule has 0 radical (unpaired) electrons. The van der Waals surface area contributed by atoms with Crippen molar-refractivity contribution in [2.45, 2.75) is 75.0 Å². The van der Waals surface area contributed by atoms with E-state index in [0.29, 0.717) is 6.61 Å². The Labute approximate surface area is 136 Å². The molecular formula is C18H25FO4. The molecule has 0 N–H and O–H groups in total. The monoisotopic (exact) mass is 324 g/mol. The van der Waals surface area contributed by atoms with Crippen molar-refractivity contribution in [3.63, 3.8) is 0 Å². The van der Waals surface area contributed by atoms with Crippen molar-refractivity contribution >= 4 is 5.78 Å². The van der Waals surface area contributed by atoms with Crippen molar-refractivity contribution in [1.29, 1.82) is 0 Å². The van der Waals surface area contributed by atoms with Crippen LogP contribution in [0.4, 0.5) is 4.39 Å². The molecular weight excluding hydrogens is 299 g/mol. The molecule has 0 aromatic heterocycles. The Morgan fingerprint density at radius 3 is 2.70 bits per heavy atom. The molecule has 5 heteroatoms. The van der Waals surface area contributed by atoms with Gasteiger partial charge in [-0.1, -0.05) is 11.6 Å². The van der Waals surface area contributed by atoms with E-state index >= 15 is 0 Å². The second kappa shape index (κ2) is 5.36. The number of rotatable bonds is 4. The zero-order chi connectivity index (χ0) is 16.2. The van der Waals surface area contributed by atoms with E-state index in [9.17, 15) is 9.18 Å². The molecule has 4 rings (SSSR count). The molecule has 1 spiro atoms. The van der Waals surface area contributed by atoms with E-state index in [1.807, 2.05) is 6.92 Å². The Morgan fingerprint density at radius 1 is 1.39 bits per heavy atom. The van der Waals surface area contributed by atoms with Gasteiger partial charge in [0.2, 0.25) is 0 Å². The number of ketones is 1. The predicted molar refractivity (Wildman–Crippen MR) is 81.9 cm³/mol. The average molecular weight is 324 g/mol. The maximum atomic E-state index is 14.0. The second-order valence-corrected chi connectivity index (χ2v) is 7.66. The number of ether oxygens (including phenoxy) is 3. The van der Waals surface area contributed by atoms with Crippen LogP contribution in [0.15, 0.2) is 11.6 Å². The summed E-state index contributed by atoms with van der Waals surface area (Å²) >= 11 is 0. The van der Waals surface area contributed by atoms with E-state index in [4.69, 9.17) is 14.2 Å². The fourth-order valence-electron chi connectivity index (χ4n) is 4.75. The van der Waals surface area contributed by atoms with Crippen LogP contribution in [0.2, 0.25) is 0 Å². The van der Waals surface area contributed by atoms with Crippen LogP contribution in [0.1, 0.15) is 45.4 Å². The average Bonchev–Trinajstić information content (AvgIpc) is 3.35. The van der Waals surface area contributed by atoms with Gasteiger partial charge in [0, 0.05) is 13.5 Å². The van der Waals surface area contributed by atoms with Crippen LogP contribution < -0.4 is 0 Å². The molecule has 23 heavy (non-hydrogen) atoms. The van der Waals surface area contributed by atoms with E-state index in [1.54, 1.807) is 0 Å².